The van der Waals surface area contributed by atoms with E-state index in [0.717, 1.165) is 4.88 Å². The summed E-state index contributed by atoms with van der Waals surface area (Å²) in [6, 6.07) is 7.50. The number of carbonyl (C=O) groups is 1. The number of halogens is 1. The van der Waals surface area contributed by atoms with E-state index in [4.69, 9.17) is 4.74 Å². The van der Waals surface area contributed by atoms with E-state index in [1.807, 2.05) is 6.92 Å². The number of benzene rings is 1. The van der Waals surface area contributed by atoms with E-state index >= 15 is 0 Å². The molecule has 28 heavy (non-hydrogen) atoms. The van der Waals surface area contributed by atoms with Gasteiger partial charge in [0.2, 0.25) is 5.91 Å². The van der Waals surface area contributed by atoms with Crippen LogP contribution in [0.2, 0.25) is 0 Å². The summed E-state index contributed by atoms with van der Waals surface area (Å²) in [6.45, 7) is 3.08. The molecule has 2 aliphatic heterocycles. The minimum absolute atomic E-state index is 0.140. The molecule has 1 aromatic heterocycles. The van der Waals surface area contributed by atoms with Gasteiger partial charge in [-0.25, -0.2) is 12.8 Å². The number of amides is 1. The predicted octanol–water partition coefficient (Wildman–Crippen LogP) is 3.02. The van der Waals surface area contributed by atoms with E-state index in [2.05, 4.69) is 0 Å². The zero-order valence-corrected chi connectivity index (χ0v) is 17.1. The molecule has 0 bridgehead atoms. The summed E-state index contributed by atoms with van der Waals surface area (Å²) in [5.41, 5.74) is 0.534. The number of carbonyl (C=O) groups excluding carboxylic acids is 1. The number of nitrogens with zero attached hydrogens (tertiary/aromatic N) is 2. The molecule has 150 valence electrons. The van der Waals surface area contributed by atoms with Gasteiger partial charge < -0.3 is 9.64 Å². The summed E-state index contributed by atoms with van der Waals surface area (Å²) >= 11 is 1.24. The van der Waals surface area contributed by atoms with E-state index in [1.54, 1.807) is 17.0 Å². The number of hydrogen-bond acceptors (Lipinski definition) is 5. The maximum Gasteiger partial charge on any atom is 0.252 e. The Morgan fingerprint density at radius 2 is 2.07 bits per heavy atom. The van der Waals surface area contributed by atoms with E-state index in [-0.39, 0.29) is 19.1 Å². The Kier molecular flexibility index (Phi) is 5.15. The highest BCUT2D eigenvalue weighted by Gasteiger charge is 2.37. The first kappa shape index (κ1) is 19.4. The number of anilines is 1. The fourth-order valence-electron chi connectivity index (χ4n) is 3.68. The third-order valence-corrected chi connectivity index (χ3v) is 8.43. The molecule has 1 aromatic carbocycles. The average Bonchev–Trinajstić information content (AvgIpc) is 3.14. The van der Waals surface area contributed by atoms with Gasteiger partial charge in [0, 0.05) is 24.0 Å². The molecule has 3 heterocycles. The van der Waals surface area contributed by atoms with E-state index < -0.39 is 21.8 Å². The van der Waals surface area contributed by atoms with Gasteiger partial charge in [-0.2, -0.15) is 4.31 Å². The lowest BCUT2D eigenvalue weighted by Crippen LogP contribution is -2.48. The summed E-state index contributed by atoms with van der Waals surface area (Å²) in [6.07, 6.45) is 1.25. The third-order valence-electron chi connectivity index (χ3n) is 5.09. The summed E-state index contributed by atoms with van der Waals surface area (Å²) in [5.74, 6) is -0.651. The molecule has 1 fully saturated rings. The largest absolute Gasteiger partial charge is 0.489 e. The number of hydrogen-bond donors (Lipinski definition) is 0. The van der Waals surface area contributed by atoms with E-state index in [1.165, 1.54) is 33.8 Å². The van der Waals surface area contributed by atoms with Gasteiger partial charge in [0.15, 0.2) is 0 Å². The smallest absolute Gasteiger partial charge is 0.252 e. The van der Waals surface area contributed by atoms with E-state index in [0.29, 0.717) is 41.6 Å². The van der Waals surface area contributed by atoms with Crippen molar-refractivity contribution in [1.82, 2.24) is 4.31 Å². The standard InChI is InChI=1S/C19H21FN2O4S2/c1-13-4-7-18(27-13)28(24,25)21-8-2-3-14(12-21)19(23)22-9-10-26-17-11-15(20)5-6-16(17)22/h4-7,11,14H,2-3,8-10,12H2,1H3. The van der Waals surface area contributed by atoms with Gasteiger partial charge in [-0.05, 0) is 44.0 Å². The molecule has 6 nitrogen and oxygen atoms in total. The molecule has 0 saturated carbocycles. The van der Waals surface area contributed by atoms with Crippen molar-refractivity contribution in [3.63, 3.8) is 0 Å². The van der Waals surface area contributed by atoms with Crippen LogP contribution in [0.3, 0.4) is 0 Å². The van der Waals surface area contributed by atoms with Crippen LogP contribution in [-0.4, -0.2) is 44.9 Å². The quantitative estimate of drug-likeness (QED) is 0.760. The number of fused-ring (bicyclic) bond motifs is 1. The van der Waals surface area contributed by atoms with Crippen LogP contribution in [-0.2, 0) is 14.8 Å². The molecular weight excluding hydrogens is 403 g/mol. The highest BCUT2D eigenvalue weighted by atomic mass is 32.2. The van der Waals surface area contributed by atoms with Crippen LogP contribution < -0.4 is 9.64 Å². The molecule has 1 unspecified atom stereocenters. The SMILES string of the molecule is Cc1ccc(S(=O)(=O)N2CCCC(C(=O)N3CCOc4cc(F)ccc43)C2)s1. The molecule has 1 amide bonds. The molecule has 1 atom stereocenters. The average molecular weight is 425 g/mol. The second-order valence-electron chi connectivity index (χ2n) is 7.02. The lowest BCUT2D eigenvalue weighted by molar-refractivity contribution is -0.123. The summed E-state index contributed by atoms with van der Waals surface area (Å²) < 4.78 is 46.5. The zero-order chi connectivity index (χ0) is 19.9. The van der Waals surface area contributed by atoms with Gasteiger partial charge in [0.1, 0.15) is 22.4 Å². The summed E-state index contributed by atoms with van der Waals surface area (Å²) in [7, 11) is -3.60. The maximum atomic E-state index is 13.5. The van der Waals surface area contributed by atoms with Crippen molar-refractivity contribution in [2.24, 2.45) is 5.92 Å². The van der Waals surface area contributed by atoms with Crippen LogP contribution in [0.25, 0.3) is 0 Å². The third kappa shape index (κ3) is 3.54. The van der Waals surface area contributed by atoms with Crippen molar-refractivity contribution in [3.8, 4) is 5.75 Å². The van der Waals surface area contributed by atoms with Gasteiger partial charge in [0.05, 0.1) is 18.2 Å². The van der Waals surface area contributed by atoms with E-state index in [9.17, 15) is 17.6 Å². The molecule has 2 aromatic rings. The van der Waals surface area contributed by atoms with Crippen LogP contribution in [0.4, 0.5) is 10.1 Å². The van der Waals surface area contributed by atoms with Crippen molar-refractivity contribution < 1.29 is 22.3 Å². The van der Waals surface area contributed by atoms with Crippen LogP contribution >= 0.6 is 11.3 Å². The number of sulfonamides is 1. The molecule has 4 rings (SSSR count). The lowest BCUT2D eigenvalue weighted by atomic mass is 9.97. The predicted molar refractivity (Wildman–Crippen MR) is 105 cm³/mol. The molecule has 0 spiro atoms. The molecule has 0 N–H and O–H groups in total. The molecule has 0 radical (unpaired) electrons. The first-order valence-electron chi connectivity index (χ1n) is 9.16. The van der Waals surface area contributed by atoms with Gasteiger partial charge in [-0.3, -0.25) is 4.79 Å². The number of thiophene rings is 1. The minimum Gasteiger partial charge on any atom is -0.489 e. The molecule has 1 saturated heterocycles. The maximum absolute atomic E-state index is 13.5. The Bertz CT molecular complexity index is 1010. The van der Waals surface area contributed by atoms with Crippen molar-refractivity contribution >= 4 is 33.0 Å². The monoisotopic (exact) mass is 424 g/mol. The number of rotatable bonds is 3. The first-order valence-corrected chi connectivity index (χ1v) is 11.4. The molecule has 0 aliphatic carbocycles. The second kappa shape index (κ2) is 7.46. The van der Waals surface area contributed by atoms with Crippen LogP contribution in [0, 0.1) is 18.7 Å². The Labute approximate surface area is 167 Å². The van der Waals surface area contributed by atoms with Crippen molar-refractivity contribution in [2.45, 2.75) is 24.0 Å². The first-order chi connectivity index (χ1) is 13.4. The Morgan fingerprint density at radius 1 is 1.25 bits per heavy atom. The molecular formula is C19H21FN2O4S2. The topological polar surface area (TPSA) is 66.9 Å². The normalized spacial score (nSPS) is 20.5. The van der Waals surface area contributed by atoms with Gasteiger partial charge >= 0.3 is 0 Å². The number of piperidine rings is 1. The van der Waals surface area contributed by atoms with Crippen molar-refractivity contribution in [1.29, 1.82) is 0 Å². The fourth-order valence-corrected chi connectivity index (χ4v) is 6.64. The van der Waals surface area contributed by atoms with Gasteiger partial charge in [0.25, 0.3) is 10.0 Å². The lowest BCUT2D eigenvalue weighted by Gasteiger charge is -2.36. The summed E-state index contributed by atoms with van der Waals surface area (Å²) in [4.78, 5) is 15.7. The zero-order valence-electron chi connectivity index (χ0n) is 15.4. The second-order valence-corrected chi connectivity index (χ2v) is 10.5. The Hall–Kier alpha value is -1.97. The van der Waals surface area contributed by atoms with Crippen molar-refractivity contribution in [3.05, 3.63) is 41.0 Å². The fraction of sp³-hybridized carbons (Fsp3) is 0.421. The van der Waals surface area contributed by atoms with Gasteiger partial charge in [-0.15, -0.1) is 11.3 Å². The van der Waals surface area contributed by atoms with Gasteiger partial charge in [-0.1, -0.05) is 0 Å². The van der Waals surface area contributed by atoms with Crippen LogP contribution in [0.5, 0.6) is 5.75 Å². The molecule has 2 aliphatic rings. The Balaban J connectivity index is 1.55. The molecule has 9 heteroatoms. The number of aryl methyl sites for hydroxylation is 1. The van der Waals surface area contributed by atoms with Crippen molar-refractivity contribution in [2.75, 3.05) is 31.1 Å². The number of ether oxygens (including phenoxy) is 1. The highest BCUT2D eigenvalue weighted by molar-refractivity contribution is 7.91. The highest BCUT2D eigenvalue weighted by Crippen LogP contribution is 2.35. The summed E-state index contributed by atoms with van der Waals surface area (Å²) in [5, 5.41) is 0. The van der Waals surface area contributed by atoms with Crippen LogP contribution in [0.1, 0.15) is 17.7 Å². The minimum atomic E-state index is -3.60. The Morgan fingerprint density at radius 3 is 2.82 bits per heavy atom. The van der Waals surface area contributed by atoms with Crippen LogP contribution in [0.15, 0.2) is 34.5 Å².